The van der Waals surface area contributed by atoms with Crippen LogP contribution in [-0.4, -0.2) is 16.7 Å². The number of hydrogen-bond acceptors (Lipinski definition) is 2. The van der Waals surface area contributed by atoms with Gasteiger partial charge in [-0.3, -0.25) is 0 Å². The fourth-order valence-electron chi connectivity index (χ4n) is 4.82. The smallest absolute Gasteiger partial charge is 0.0659 e. The van der Waals surface area contributed by atoms with Crippen molar-refractivity contribution in [1.82, 2.24) is 0 Å². The fourth-order valence-corrected chi connectivity index (χ4v) is 4.82. The Morgan fingerprint density at radius 2 is 1.79 bits per heavy atom. The van der Waals surface area contributed by atoms with E-state index in [0.29, 0.717) is 5.41 Å². The van der Waals surface area contributed by atoms with Crippen LogP contribution in [0.15, 0.2) is 0 Å². The zero-order valence-corrected chi connectivity index (χ0v) is 9.00. The standard InChI is InChI=1S/C12H21NO/c1-8(13)11-3-9-2-10(4-11)6-12(14,5-9)7-11/h8-10,14H,2-7,13H2,1H3/t8-,9?,10?,11?,12?/m1/s1. The summed E-state index contributed by atoms with van der Waals surface area (Å²) in [6, 6.07) is 0.264. The lowest BCUT2D eigenvalue weighted by Crippen LogP contribution is -2.60. The molecule has 0 aliphatic heterocycles. The minimum Gasteiger partial charge on any atom is -0.390 e. The molecule has 0 amide bonds. The normalized spacial score (nSPS) is 57.6. The van der Waals surface area contributed by atoms with Crippen LogP contribution in [0.5, 0.6) is 0 Å². The van der Waals surface area contributed by atoms with Gasteiger partial charge in [0.05, 0.1) is 5.60 Å². The second-order valence-corrected chi connectivity index (χ2v) is 6.34. The largest absolute Gasteiger partial charge is 0.390 e. The predicted octanol–water partition coefficient (Wildman–Crippen LogP) is 1.66. The van der Waals surface area contributed by atoms with Crippen LogP contribution in [0.2, 0.25) is 0 Å². The van der Waals surface area contributed by atoms with E-state index in [0.717, 1.165) is 31.1 Å². The molecule has 2 nitrogen and oxygen atoms in total. The van der Waals surface area contributed by atoms with E-state index in [1.807, 2.05) is 0 Å². The molecular formula is C12H21NO. The highest BCUT2D eigenvalue weighted by molar-refractivity contribution is 5.10. The summed E-state index contributed by atoms with van der Waals surface area (Å²) in [6.45, 7) is 2.14. The lowest BCUT2D eigenvalue weighted by atomic mass is 9.46. The molecule has 0 aromatic rings. The molecule has 4 rings (SSSR count). The topological polar surface area (TPSA) is 46.2 Å². The Bertz CT molecular complexity index is 247. The Hall–Kier alpha value is -0.0800. The summed E-state index contributed by atoms with van der Waals surface area (Å²) in [5.41, 5.74) is 6.09. The van der Waals surface area contributed by atoms with E-state index < -0.39 is 0 Å². The summed E-state index contributed by atoms with van der Waals surface area (Å²) in [5, 5.41) is 10.5. The quantitative estimate of drug-likeness (QED) is 0.668. The van der Waals surface area contributed by atoms with Crippen molar-refractivity contribution in [2.45, 2.75) is 57.1 Å². The first kappa shape index (κ1) is 9.17. The molecule has 0 spiro atoms. The van der Waals surface area contributed by atoms with E-state index in [9.17, 15) is 5.11 Å². The number of aliphatic hydroxyl groups is 1. The summed E-state index contributed by atoms with van der Waals surface area (Å²) in [4.78, 5) is 0. The Morgan fingerprint density at radius 1 is 1.21 bits per heavy atom. The van der Waals surface area contributed by atoms with E-state index in [1.165, 1.54) is 19.3 Å². The molecule has 3 atom stereocenters. The number of hydrogen-bond donors (Lipinski definition) is 2. The van der Waals surface area contributed by atoms with Gasteiger partial charge >= 0.3 is 0 Å². The lowest BCUT2D eigenvalue weighted by Gasteiger charge is -2.61. The van der Waals surface area contributed by atoms with Crippen LogP contribution in [0.3, 0.4) is 0 Å². The number of nitrogens with two attached hydrogens (primary N) is 1. The third-order valence-electron chi connectivity index (χ3n) is 5.04. The molecule has 4 bridgehead atoms. The molecule has 80 valence electrons. The lowest BCUT2D eigenvalue weighted by molar-refractivity contribution is -0.168. The van der Waals surface area contributed by atoms with Crippen LogP contribution in [0.1, 0.15) is 45.4 Å². The summed E-state index contributed by atoms with van der Waals surface area (Å²) < 4.78 is 0. The van der Waals surface area contributed by atoms with Gasteiger partial charge in [-0.25, -0.2) is 0 Å². The van der Waals surface area contributed by atoms with Gasteiger partial charge in [0.25, 0.3) is 0 Å². The van der Waals surface area contributed by atoms with Crippen LogP contribution < -0.4 is 5.73 Å². The van der Waals surface area contributed by atoms with Crippen LogP contribution in [-0.2, 0) is 0 Å². The van der Waals surface area contributed by atoms with Gasteiger partial charge < -0.3 is 10.8 Å². The summed E-state index contributed by atoms with van der Waals surface area (Å²) >= 11 is 0. The molecule has 4 aliphatic carbocycles. The molecule has 0 radical (unpaired) electrons. The molecule has 2 heteroatoms. The van der Waals surface area contributed by atoms with Gasteiger partial charge in [-0.1, -0.05) is 0 Å². The maximum Gasteiger partial charge on any atom is 0.0659 e. The second-order valence-electron chi connectivity index (χ2n) is 6.34. The SMILES string of the molecule is C[C@@H](N)C12CC3CC(CC(O)(C3)C1)C2. The molecule has 3 N–H and O–H groups in total. The summed E-state index contributed by atoms with van der Waals surface area (Å²) in [5.74, 6) is 1.54. The second kappa shape index (κ2) is 2.53. The first-order chi connectivity index (χ1) is 6.51. The van der Waals surface area contributed by atoms with E-state index in [-0.39, 0.29) is 11.6 Å². The summed E-state index contributed by atoms with van der Waals surface area (Å²) in [7, 11) is 0. The molecule has 0 aromatic heterocycles. The van der Waals surface area contributed by atoms with Gasteiger partial charge in [0.2, 0.25) is 0 Å². The Morgan fingerprint density at radius 3 is 2.21 bits per heavy atom. The molecule has 4 saturated carbocycles. The van der Waals surface area contributed by atoms with Crippen molar-refractivity contribution in [3.05, 3.63) is 0 Å². The van der Waals surface area contributed by atoms with Gasteiger partial charge in [-0.05, 0) is 62.7 Å². The predicted molar refractivity (Wildman–Crippen MR) is 55.7 cm³/mol. The summed E-state index contributed by atoms with van der Waals surface area (Å²) in [6.07, 6.45) is 7.00. The molecule has 14 heavy (non-hydrogen) atoms. The van der Waals surface area contributed by atoms with Crippen molar-refractivity contribution in [3.8, 4) is 0 Å². The van der Waals surface area contributed by atoms with E-state index in [1.54, 1.807) is 0 Å². The van der Waals surface area contributed by atoms with Gasteiger partial charge in [0.1, 0.15) is 0 Å². The highest BCUT2D eigenvalue weighted by Gasteiger charge is 2.58. The highest BCUT2D eigenvalue weighted by atomic mass is 16.3. The fraction of sp³-hybridized carbons (Fsp3) is 1.00. The molecule has 0 aromatic carbocycles. The molecular weight excluding hydrogens is 174 g/mol. The molecule has 4 fully saturated rings. The van der Waals surface area contributed by atoms with Gasteiger partial charge in [-0.15, -0.1) is 0 Å². The monoisotopic (exact) mass is 195 g/mol. The maximum atomic E-state index is 10.5. The first-order valence-electron chi connectivity index (χ1n) is 5.99. The Balaban J connectivity index is 1.96. The minimum atomic E-state index is -0.336. The molecule has 0 heterocycles. The van der Waals surface area contributed by atoms with Crippen molar-refractivity contribution in [1.29, 1.82) is 0 Å². The van der Waals surface area contributed by atoms with Crippen molar-refractivity contribution in [3.63, 3.8) is 0 Å². The molecule has 0 saturated heterocycles. The van der Waals surface area contributed by atoms with E-state index >= 15 is 0 Å². The highest BCUT2D eigenvalue weighted by Crippen LogP contribution is 2.62. The Kier molecular flexibility index (Phi) is 1.66. The van der Waals surface area contributed by atoms with E-state index in [2.05, 4.69) is 6.92 Å². The zero-order chi connectivity index (χ0) is 9.97. The van der Waals surface area contributed by atoms with Gasteiger partial charge in [-0.2, -0.15) is 0 Å². The third-order valence-corrected chi connectivity index (χ3v) is 5.04. The minimum absolute atomic E-state index is 0.264. The van der Waals surface area contributed by atoms with Crippen LogP contribution in [0, 0.1) is 17.3 Å². The van der Waals surface area contributed by atoms with E-state index in [4.69, 9.17) is 5.73 Å². The van der Waals surface area contributed by atoms with Crippen molar-refractivity contribution >= 4 is 0 Å². The van der Waals surface area contributed by atoms with Crippen molar-refractivity contribution < 1.29 is 5.11 Å². The average Bonchev–Trinajstić information content (AvgIpc) is 1.98. The number of rotatable bonds is 1. The Labute approximate surface area is 85.9 Å². The van der Waals surface area contributed by atoms with Crippen molar-refractivity contribution in [2.24, 2.45) is 23.0 Å². The molecule has 2 unspecified atom stereocenters. The average molecular weight is 195 g/mol. The van der Waals surface area contributed by atoms with Gasteiger partial charge in [0.15, 0.2) is 0 Å². The molecule has 4 aliphatic rings. The van der Waals surface area contributed by atoms with Gasteiger partial charge in [0, 0.05) is 6.04 Å². The maximum absolute atomic E-state index is 10.5. The van der Waals surface area contributed by atoms with Crippen LogP contribution in [0.25, 0.3) is 0 Å². The first-order valence-corrected chi connectivity index (χ1v) is 5.99. The third kappa shape index (κ3) is 1.10. The van der Waals surface area contributed by atoms with Crippen LogP contribution in [0.4, 0.5) is 0 Å². The van der Waals surface area contributed by atoms with Crippen LogP contribution >= 0.6 is 0 Å². The zero-order valence-electron chi connectivity index (χ0n) is 9.00. The van der Waals surface area contributed by atoms with Crippen molar-refractivity contribution in [2.75, 3.05) is 0 Å².